The van der Waals surface area contributed by atoms with Gasteiger partial charge < -0.3 is 5.32 Å². The molecule has 0 bridgehead atoms. The van der Waals surface area contributed by atoms with E-state index in [1.165, 1.54) is 19.3 Å². The zero-order valence-electron chi connectivity index (χ0n) is 12.1. The lowest BCUT2D eigenvalue weighted by Gasteiger charge is -2.46. The highest BCUT2D eigenvalue weighted by Gasteiger charge is 2.45. The highest BCUT2D eigenvalue weighted by atomic mass is 16.2. The standard InChI is InChI=1S/C17H24N2O/c20-17(15-7-3-1-4-8-15)19(13-5-2-6-14-19)16-9-11-18-12-10-16/h1,3-4,7,16,18H,2,5-6,9-14H2/q+1. The first-order valence-electron chi connectivity index (χ1n) is 7.92. The largest absolute Gasteiger partial charge is 0.346 e. The molecule has 0 saturated carbocycles. The van der Waals surface area contributed by atoms with Gasteiger partial charge in [-0.25, -0.2) is 4.79 Å². The maximum absolute atomic E-state index is 13.1. The quantitative estimate of drug-likeness (QED) is 0.838. The molecule has 107 valence electrons. The van der Waals surface area contributed by atoms with Gasteiger partial charge in [-0.1, -0.05) is 18.2 Å². The van der Waals surface area contributed by atoms with Gasteiger partial charge in [0.15, 0.2) is 0 Å². The van der Waals surface area contributed by atoms with E-state index in [0.717, 1.165) is 44.6 Å². The molecule has 1 aromatic carbocycles. The van der Waals surface area contributed by atoms with Gasteiger partial charge in [-0.15, -0.1) is 0 Å². The van der Waals surface area contributed by atoms with Crippen molar-refractivity contribution < 1.29 is 9.28 Å². The Balaban J connectivity index is 1.90. The van der Waals surface area contributed by atoms with E-state index < -0.39 is 0 Å². The zero-order chi connectivity index (χ0) is 13.8. The second kappa shape index (κ2) is 6.06. The van der Waals surface area contributed by atoms with E-state index in [-0.39, 0.29) is 0 Å². The molecule has 2 fully saturated rings. The molecule has 0 spiro atoms. The normalized spacial score (nSPS) is 23.4. The third-order valence-corrected chi connectivity index (χ3v) is 4.97. The van der Waals surface area contributed by atoms with E-state index in [9.17, 15) is 4.79 Å². The molecule has 1 aromatic rings. The van der Waals surface area contributed by atoms with E-state index in [0.29, 0.717) is 16.4 Å². The molecule has 20 heavy (non-hydrogen) atoms. The fourth-order valence-electron chi connectivity index (χ4n) is 3.88. The fourth-order valence-corrected chi connectivity index (χ4v) is 3.88. The molecule has 2 heterocycles. The molecule has 3 heteroatoms. The minimum absolute atomic E-state index is 0.303. The molecule has 3 nitrogen and oxygen atoms in total. The van der Waals surface area contributed by atoms with Crippen molar-refractivity contribution >= 4 is 5.91 Å². The summed E-state index contributed by atoms with van der Waals surface area (Å²) in [5, 5.41) is 3.42. The number of quaternary nitrogens is 1. The van der Waals surface area contributed by atoms with Crippen molar-refractivity contribution in [1.29, 1.82) is 0 Å². The monoisotopic (exact) mass is 272 g/mol. The molecular weight excluding hydrogens is 248 g/mol. The molecule has 0 aromatic heterocycles. The molecule has 0 atom stereocenters. The van der Waals surface area contributed by atoms with E-state index in [1.807, 2.05) is 24.3 Å². The highest BCUT2D eigenvalue weighted by molar-refractivity contribution is 5.88. The lowest BCUT2D eigenvalue weighted by Crippen LogP contribution is -2.63. The molecule has 1 radical (unpaired) electrons. The Morgan fingerprint density at radius 3 is 2.55 bits per heavy atom. The van der Waals surface area contributed by atoms with Gasteiger partial charge in [-0.05, 0) is 31.4 Å². The molecule has 1 amide bonds. The van der Waals surface area contributed by atoms with Crippen LogP contribution in [0.15, 0.2) is 24.3 Å². The van der Waals surface area contributed by atoms with Crippen LogP contribution in [0.2, 0.25) is 0 Å². The third kappa shape index (κ3) is 2.52. The van der Waals surface area contributed by atoms with E-state index in [4.69, 9.17) is 0 Å². The Kier molecular flexibility index (Phi) is 4.18. The van der Waals surface area contributed by atoms with Crippen molar-refractivity contribution in [3.63, 3.8) is 0 Å². The molecule has 0 unspecified atom stereocenters. The van der Waals surface area contributed by atoms with Crippen LogP contribution >= 0.6 is 0 Å². The third-order valence-electron chi connectivity index (χ3n) is 4.97. The number of hydrogen-bond donors (Lipinski definition) is 1. The highest BCUT2D eigenvalue weighted by Crippen LogP contribution is 2.30. The maximum atomic E-state index is 13.1. The number of nitrogens with one attached hydrogen (secondary N) is 1. The van der Waals surface area contributed by atoms with E-state index >= 15 is 0 Å². The smallest absolute Gasteiger partial charge is 0.316 e. The predicted molar refractivity (Wildman–Crippen MR) is 79.3 cm³/mol. The first-order chi connectivity index (χ1) is 9.83. The topological polar surface area (TPSA) is 29.1 Å². The van der Waals surface area contributed by atoms with Gasteiger partial charge >= 0.3 is 5.91 Å². The van der Waals surface area contributed by atoms with Gasteiger partial charge in [0.2, 0.25) is 0 Å². The number of carbonyl (C=O) groups is 1. The van der Waals surface area contributed by atoms with Gasteiger partial charge in [-0.2, -0.15) is 0 Å². The number of amides is 1. The summed E-state index contributed by atoms with van der Waals surface area (Å²) in [4.78, 5) is 13.1. The van der Waals surface area contributed by atoms with Crippen molar-refractivity contribution in [2.24, 2.45) is 0 Å². The number of hydrogen-bond acceptors (Lipinski definition) is 2. The summed E-state index contributed by atoms with van der Waals surface area (Å²) in [7, 11) is 0. The zero-order valence-corrected chi connectivity index (χ0v) is 12.1. The van der Waals surface area contributed by atoms with Crippen LogP contribution in [0.25, 0.3) is 0 Å². The lowest BCUT2D eigenvalue weighted by molar-refractivity contribution is -0.880. The lowest BCUT2D eigenvalue weighted by atomic mass is 9.94. The van der Waals surface area contributed by atoms with Crippen LogP contribution in [-0.4, -0.2) is 42.6 Å². The van der Waals surface area contributed by atoms with Crippen LogP contribution in [0.1, 0.15) is 42.5 Å². The van der Waals surface area contributed by atoms with Crippen LogP contribution in [0.3, 0.4) is 0 Å². The number of rotatable bonds is 2. The Morgan fingerprint density at radius 2 is 1.90 bits per heavy atom. The van der Waals surface area contributed by atoms with Gasteiger partial charge in [0.1, 0.15) is 0 Å². The minimum atomic E-state index is 0.303. The summed E-state index contributed by atoms with van der Waals surface area (Å²) in [6.07, 6.45) is 5.89. The minimum Gasteiger partial charge on any atom is -0.316 e. The predicted octanol–water partition coefficient (Wildman–Crippen LogP) is 2.38. The number of benzene rings is 1. The maximum Gasteiger partial charge on any atom is 0.346 e. The Hall–Kier alpha value is -1.19. The van der Waals surface area contributed by atoms with Crippen molar-refractivity contribution in [1.82, 2.24) is 5.32 Å². The average molecular weight is 272 g/mol. The van der Waals surface area contributed by atoms with Crippen LogP contribution < -0.4 is 5.32 Å². The Morgan fingerprint density at radius 1 is 1.15 bits per heavy atom. The van der Waals surface area contributed by atoms with Crippen molar-refractivity contribution in [2.75, 3.05) is 26.2 Å². The van der Waals surface area contributed by atoms with Gasteiger partial charge in [0, 0.05) is 25.9 Å². The summed E-state index contributed by atoms with van der Waals surface area (Å²) >= 11 is 0. The number of likely N-dealkylation sites (tertiary alicyclic amines) is 1. The molecule has 1 N–H and O–H groups in total. The number of carbonyl (C=O) groups excluding carboxylic acids is 1. The van der Waals surface area contributed by atoms with Crippen LogP contribution in [-0.2, 0) is 0 Å². The molecule has 0 aliphatic carbocycles. The summed E-state index contributed by atoms with van der Waals surface area (Å²) in [6, 6.07) is 11.3. The van der Waals surface area contributed by atoms with Crippen LogP contribution in [0.5, 0.6) is 0 Å². The summed E-state index contributed by atoms with van der Waals surface area (Å²) in [5.41, 5.74) is 0.771. The summed E-state index contributed by atoms with van der Waals surface area (Å²) in [5.74, 6) is 0.303. The van der Waals surface area contributed by atoms with Crippen molar-refractivity contribution in [3.05, 3.63) is 35.9 Å². The summed E-state index contributed by atoms with van der Waals surface area (Å²) in [6.45, 7) is 4.14. The second-order valence-corrected chi connectivity index (χ2v) is 6.10. The number of nitrogens with zero attached hydrogens (tertiary/aromatic N) is 1. The average Bonchev–Trinajstić information content (AvgIpc) is 2.56. The van der Waals surface area contributed by atoms with E-state index in [2.05, 4.69) is 11.4 Å². The van der Waals surface area contributed by atoms with Crippen LogP contribution in [0.4, 0.5) is 0 Å². The molecular formula is C17H24N2O+. The molecule has 2 aliphatic rings. The second-order valence-electron chi connectivity index (χ2n) is 6.10. The van der Waals surface area contributed by atoms with Gasteiger partial charge in [-0.3, -0.25) is 4.48 Å². The van der Waals surface area contributed by atoms with Crippen molar-refractivity contribution in [3.8, 4) is 0 Å². The fraction of sp³-hybridized carbons (Fsp3) is 0.588. The Labute approximate surface area is 121 Å². The SMILES string of the molecule is O=C(c1[c]cccc1)[N+]1(C2CCNCC2)CCCCC1. The van der Waals surface area contributed by atoms with Gasteiger partial charge in [0.25, 0.3) is 0 Å². The molecule has 3 rings (SSSR count). The van der Waals surface area contributed by atoms with Crippen molar-refractivity contribution in [2.45, 2.75) is 38.1 Å². The van der Waals surface area contributed by atoms with Crippen LogP contribution in [0, 0.1) is 6.07 Å². The molecule has 2 saturated heterocycles. The van der Waals surface area contributed by atoms with Gasteiger partial charge in [0.05, 0.1) is 24.7 Å². The first kappa shape index (κ1) is 13.8. The number of piperidine rings is 2. The Bertz CT molecular complexity index is 445. The van der Waals surface area contributed by atoms with E-state index in [1.54, 1.807) is 0 Å². The molecule has 2 aliphatic heterocycles. The first-order valence-corrected chi connectivity index (χ1v) is 7.92. The summed E-state index contributed by atoms with van der Waals surface area (Å²) < 4.78 is 0.683.